The Labute approximate surface area is 168 Å². The first-order chi connectivity index (χ1) is 13.3. The van der Waals surface area contributed by atoms with Crippen LogP contribution in [0, 0.1) is 0 Å². The van der Waals surface area contributed by atoms with E-state index in [9.17, 15) is 14.7 Å². The van der Waals surface area contributed by atoms with Gasteiger partial charge in [-0.25, -0.2) is 4.79 Å². The highest BCUT2D eigenvalue weighted by molar-refractivity contribution is 5.78. The van der Waals surface area contributed by atoms with Gasteiger partial charge in [-0.2, -0.15) is 0 Å². The van der Waals surface area contributed by atoms with E-state index in [1.807, 2.05) is 52.0 Å². The van der Waals surface area contributed by atoms with Crippen molar-refractivity contribution in [1.82, 2.24) is 15.1 Å². The lowest BCUT2D eigenvalue weighted by atomic mass is 9.75. The Hall–Kier alpha value is -2.34. The number of rotatable bonds is 7. The third kappa shape index (κ3) is 4.73. The second-order valence-corrected chi connectivity index (χ2v) is 7.65. The SMILES string of the molecule is CC=Cc1ccc([C@@H]2[C@@H](CO)N(C(=O)NC(C)C)[C@H]2CN(C)C(=O)CC)cc1. The number of hydrogen-bond acceptors (Lipinski definition) is 3. The Morgan fingerprint density at radius 2 is 1.89 bits per heavy atom. The quantitative estimate of drug-likeness (QED) is 0.756. The monoisotopic (exact) mass is 387 g/mol. The van der Waals surface area contributed by atoms with Gasteiger partial charge in [0, 0.05) is 32.0 Å². The second-order valence-electron chi connectivity index (χ2n) is 7.65. The van der Waals surface area contributed by atoms with Crippen LogP contribution in [0.25, 0.3) is 6.08 Å². The minimum Gasteiger partial charge on any atom is -0.394 e. The summed E-state index contributed by atoms with van der Waals surface area (Å²) in [5.74, 6) is 0.0218. The zero-order valence-corrected chi connectivity index (χ0v) is 17.6. The highest BCUT2D eigenvalue weighted by Gasteiger charge is 2.51. The maximum Gasteiger partial charge on any atom is 0.318 e. The summed E-state index contributed by atoms with van der Waals surface area (Å²) in [5.41, 5.74) is 2.18. The molecular formula is C22H33N3O3. The van der Waals surface area contributed by atoms with Crippen LogP contribution in [0.5, 0.6) is 0 Å². The number of benzene rings is 1. The van der Waals surface area contributed by atoms with Gasteiger partial charge < -0.3 is 20.2 Å². The summed E-state index contributed by atoms with van der Waals surface area (Å²) in [4.78, 5) is 28.2. The van der Waals surface area contributed by atoms with E-state index in [4.69, 9.17) is 0 Å². The van der Waals surface area contributed by atoms with E-state index in [-0.39, 0.29) is 42.6 Å². The maximum atomic E-state index is 12.7. The van der Waals surface area contributed by atoms with E-state index in [1.165, 1.54) is 0 Å². The number of aliphatic hydroxyl groups excluding tert-OH is 1. The smallest absolute Gasteiger partial charge is 0.318 e. The largest absolute Gasteiger partial charge is 0.394 e. The van der Waals surface area contributed by atoms with Crippen LogP contribution in [0.2, 0.25) is 0 Å². The molecule has 6 nitrogen and oxygen atoms in total. The number of carbonyl (C=O) groups excluding carboxylic acids is 2. The number of allylic oxidation sites excluding steroid dienone is 1. The molecule has 0 radical (unpaired) electrons. The third-order valence-corrected chi connectivity index (χ3v) is 5.25. The van der Waals surface area contributed by atoms with Gasteiger partial charge in [0.25, 0.3) is 0 Å². The number of nitrogens with one attached hydrogen (secondary N) is 1. The van der Waals surface area contributed by atoms with Crippen LogP contribution < -0.4 is 5.32 Å². The molecule has 6 heteroatoms. The summed E-state index contributed by atoms with van der Waals surface area (Å²) in [5, 5.41) is 12.9. The van der Waals surface area contributed by atoms with Gasteiger partial charge in [-0.05, 0) is 31.9 Å². The summed E-state index contributed by atoms with van der Waals surface area (Å²) >= 11 is 0. The Bertz CT molecular complexity index is 699. The van der Waals surface area contributed by atoms with E-state index in [2.05, 4.69) is 17.4 Å². The summed E-state index contributed by atoms with van der Waals surface area (Å²) < 4.78 is 0. The molecule has 0 aliphatic carbocycles. The van der Waals surface area contributed by atoms with Crippen molar-refractivity contribution in [3.8, 4) is 0 Å². The first-order valence-electron chi connectivity index (χ1n) is 10.00. The van der Waals surface area contributed by atoms with E-state index in [1.54, 1.807) is 16.8 Å². The van der Waals surface area contributed by atoms with Crippen molar-refractivity contribution in [3.05, 3.63) is 41.5 Å². The molecule has 3 atom stereocenters. The highest BCUT2D eigenvalue weighted by Crippen LogP contribution is 2.41. The Balaban J connectivity index is 2.31. The lowest BCUT2D eigenvalue weighted by molar-refractivity contribution is -0.131. The molecule has 2 N–H and O–H groups in total. The fourth-order valence-electron chi connectivity index (χ4n) is 3.89. The van der Waals surface area contributed by atoms with Crippen molar-refractivity contribution in [2.75, 3.05) is 20.2 Å². The van der Waals surface area contributed by atoms with Crippen LogP contribution in [-0.2, 0) is 4.79 Å². The van der Waals surface area contributed by atoms with Crippen LogP contribution in [0.15, 0.2) is 30.3 Å². The molecule has 3 amide bonds. The predicted octanol–water partition coefficient (Wildman–Crippen LogP) is 2.83. The van der Waals surface area contributed by atoms with Crippen LogP contribution in [0.4, 0.5) is 4.79 Å². The number of likely N-dealkylation sites (tertiary alicyclic amines) is 1. The van der Waals surface area contributed by atoms with Crippen molar-refractivity contribution < 1.29 is 14.7 Å². The molecule has 1 saturated heterocycles. The van der Waals surface area contributed by atoms with Gasteiger partial charge in [-0.3, -0.25) is 4.79 Å². The molecule has 1 fully saturated rings. The van der Waals surface area contributed by atoms with Gasteiger partial charge in [0.05, 0.1) is 18.7 Å². The summed E-state index contributed by atoms with van der Waals surface area (Å²) in [7, 11) is 1.77. The van der Waals surface area contributed by atoms with E-state index < -0.39 is 0 Å². The maximum absolute atomic E-state index is 12.7. The fourth-order valence-corrected chi connectivity index (χ4v) is 3.89. The van der Waals surface area contributed by atoms with Gasteiger partial charge >= 0.3 is 6.03 Å². The van der Waals surface area contributed by atoms with Gasteiger partial charge in [-0.1, -0.05) is 43.3 Å². The van der Waals surface area contributed by atoms with Gasteiger partial charge in [0.2, 0.25) is 5.91 Å². The molecule has 28 heavy (non-hydrogen) atoms. The van der Waals surface area contributed by atoms with Crippen molar-refractivity contribution in [3.63, 3.8) is 0 Å². The summed E-state index contributed by atoms with van der Waals surface area (Å²) in [6.45, 7) is 7.95. The molecule has 154 valence electrons. The molecule has 0 saturated carbocycles. The molecular weight excluding hydrogens is 354 g/mol. The number of hydrogen-bond donors (Lipinski definition) is 2. The minimum absolute atomic E-state index is 0.00154. The predicted molar refractivity (Wildman–Crippen MR) is 112 cm³/mol. The summed E-state index contributed by atoms with van der Waals surface area (Å²) in [6, 6.07) is 7.51. The first-order valence-corrected chi connectivity index (χ1v) is 10.00. The molecule has 1 heterocycles. The van der Waals surface area contributed by atoms with Crippen molar-refractivity contribution in [2.24, 2.45) is 0 Å². The Kier molecular flexibility index (Phi) is 7.63. The molecule has 0 aromatic heterocycles. The van der Waals surface area contributed by atoms with Crippen molar-refractivity contribution in [2.45, 2.75) is 58.2 Å². The lowest BCUT2D eigenvalue weighted by Crippen LogP contribution is -2.70. The normalized spacial score (nSPS) is 21.7. The average molecular weight is 388 g/mol. The van der Waals surface area contributed by atoms with E-state index in [0.29, 0.717) is 13.0 Å². The number of nitrogens with zero attached hydrogens (tertiary/aromatic N) is 2. The topological polar surface area (TPSA) is 72.9 Å². The molecule has 0 bridgehead atoms. The molecule has 0 unspecified atom stereocenters. The molecule has 2 rings (SSSR count). The van der Waals surface area contributed by atoms with Crippen molar-refractivity contribution >= 4 is 18.0 Å². The molecule has 1 aliphatic rings. The molecule has 1 aromatic carbocycles. The van der Waals surface area contributed by atoms with Crippen LogP contribution in [-0.4, -0.2) is 65.2 Å². The van der Waals surface area contributed by atoms with Crippen molar-refractivity contribution in [1.29, 1.82) is 0 Å². The fraction of sp³-hybridized carbons (Fsp3) is 0.545. The second kappa shape index (κ2) is 9.73. The molecule has 1 aliphatic heterocycles. The zero-order chi connectivity index (χ0) is 20.8. The highest BCUT2D eigenvalue weighted by atomic mass is 16.3. The van der Waals surface area contributed by atoms with Gasteiger partial charge in [-0.15, -0.1) is 0 Å². The van der Waals surface area contributed by atoms with E-state index in [0.717, 1.165) is 11.1 Å². The number of urea groups is 1. The lowest BCUT2D eigenvalue weighted by Gasteiger charge is -2.55. The standard InChI is InChI=1S/C22H33N3O3/c1-6-8-16-9-11-17(12-10-16)21-18(13-24(5)20(27)7-2)25(19(21)14-26)22(28)23-15(3)4/h6,8-12,15,18-19,21,26H,7,13-14H2,1-5H3,(H,23,28)/t18-,19+,21-/m0/s1. The summed E-state index contributed by atoms with van der Waals surface area (Å²) in [6.07, 6.45) is 4.44. The minimum atomic E-state index is -0.304. The first kappa shape index (κ1) is 22.0. The Morgan fingerprint density at radius 3 is 2.39 bits per heavy atom. The van der Waals surface area contributed by atoms with E-state index >= 15 is 0 Å². The number of likely N-dealkylation sites (N-methyl/N-ethyl adjacent to an activating group) is 1. The van der Waals surface area contributed by atoms with Crippen LogP contribution in [0.3, 0.4) is 0 Å². The number of carbonyl (C=O) groups is 2. The molecule has 1 aromatic rings. The third-order valence-electron chi connectivity index (χ3n) is 5.25. The van der Waals surface area contributed by atoms with Gasteiger partial charge in [0.1, 0.15) is 0 Å². The van der Waals surface area contributed by atoms with Crippen LogP contribution >= 0.6 is 0 Å². The number of amides is 3. The zero-order valence-electron chi connectivity index (χ0n) is 17.6. The number of aliphatic hydroxyl groups is 1. The van der Waals surface area contributed by atoms with Crippen LogP contribution in [0.1, 0.15) is 51.2 Å². The Morgan fingerprint density at radius 1 is 1.25 bits per heavy atom. The average Bonchev–Trinajstić information content (AvgIpc) is 2.64. The van der Waals surface area contributed by atoms with Gasteiger partial charge in [0.15, 0.2) is 0 Å². The molecule has 0 spiro atoms.